The molecule has 3 nitrogen and oxygen atoms in total. The standard InChI is InChI=1S/C12H24N2O/c1-4-5-11(10-6-7-10)13-9-8-12(15)14(2)3/h10-11,13H,4-9H2,1-3H3. The van der Waals surface area contributed by atoms with Gasteiger partial charge in [0.05, 0.1) is 0 Å². The maximum atomic E-state index is 11.4. The van der Waals surface area contributed by atoms with Crippen LogP contribution in [0.15, 0.2) is 0 Å². The van der Waals surface area contributed by atoms with Gasteiger partial charge in [-0.3, -0.25) is 4.79 Å². The van der Waals surface area contributed by atoms with E-state index in [4.69, 9.17) is 0 Å². The molecule has 1 saturated carbocycles. The zero-order valence-corrected chi connectivity index (χ0v) is 10.3. The molecule has 1 fully saturated rings. The maximum Gasteiger partial charge on any atom is 0.223 e. The average molecular weight is 212 g/mol. The van der Waals surface area contributed by atoms with Crippen LogP contribution in [0.1, 0.15) is 39.0 Å². The predicted octanol–water partition coefficient (Wildman–Crippen LogP) is 1.63. The molecule has 0 heterocycles. The molecule has 88 valence electrons. The molecule has 1 aliphatic rings. The molecule has 15 heavy (non-hydrogen) atoms. The Hall–Kier alpha value is -0.570. The van der Waals surface area contributed by atoms with Gasteiger partial charge in [0, 0.05) is 33.1 Å². The normalized spacial score (nSPS) is 17.5. The summed E-state index contributed by atoms with van der Waals surface area (Å²) in [7, 11) is 3.62. The van der Waals surface area contributed by atoms with E-state index in [1.807, 2.05) is 14.1 Å². The zero-order valence-electron chi connectivity index (χ0n) is 10.3. The first-order valence-corrected chi connectivity index (χ1v) is 6.08. The molecule has 0 radical (unpaired) electrons. The van der Waals surface area contributed by atoms with E-state index in [1.54, 1.807) is 4.90 Å². The molecule has 0 aromatic rings. The number of rotatable bonds is 7. The van der Waals surface area contributed by atoms with Crippen molar-refractivity contribution in [2.75, 3.05) is 20.6 Å². The third kappa shape index (κ3) is 4.65. The first-order valence-electron chi connectivity index (χ1n) is 6.08. The Morgan fingerprint density at radius 2 is 2.13 bits per heavy atom. The van der Waals surface area contributed by atoms with E-state index in [2.05, 4.69) is 12.2 Å². The predicted molar refractivity (Wildman–Crippen MR) is 62.7 cm³/mol. The van der Waals surface area contributed by atoms with Gasteiger partial charge < -0.3 is 10.2 Å². The van der Waals surface area contributed by atoms with Crippen LogP contribution < -0.4 is 5.32 Å². The zero-order chi connectivity index (χ0) is 11.3. The molecule has 1 rings (SSSR count). The summed E-state index contributed by atoms with van der Waals surface area (Å²) >= 11 is 0. The molecule has 1 amide bonds. The number of carbonyl (C=O) groups is 1. The van der Waals surface area contributed by atoms with Crippen molar-refractivity contribution in [1.82, 2.24) is 10.2 Å². The molecule has 0 saturated heterocycles. The summed E-state index contributed by atoms with van der Waals surface area (Å²) in [6.45, 7) is 3.06. The number of amides is 1. The van der Waals surface area contributed by atoms with Gasteiger partial charge in [0.15, 0.2) is 0 Å². The first kappa shape index (κ1) is 12.5. The molecule has 1 unspecified atom stereocenters. The van der Waals surface area contributed by atoms with E-state index >= 15 is 0 Å². The molecular weight excluding hydrogens is 188 g/mol. The maximum absolute atomic E-state index is 11.4. The molecule has 0 aromatic carbocycles. The quantitative estimate of drug-likeness (QED) is 0.695. The lowest BCUT2D eigenvalue weighted by Gasteiger charge is -2.18. The van der Waals surface area contributed by atoms with E-state index in [9.17, 15) is 4.79 Å². The number of carbonyl (C=O) groups excluding carboxylic acids is 1. The largest absolute Gasteiger partial charge is 0.349 e. The molecule has 1 N–H and O–H groups in total. The summed E-state index contributed by atoms with van der Waals surface area (Å²) in [4.78, 5) is 13.0. The summed E-state index contributed by atoms with van der Waals surface area (Å²) in [5, 5.41) is 3.52. The SMILES string of the molecule is CCCC(NCCC(=O)N(C)C)C1CC1. The summed E-state index contributed by atoms with van der Waals surface area (Å²) in [5.74, 6) is 1.10. The number of nitrogens with zero attached hydrogens (tertiary/aromatic N) is 1. The Labute approximate surface area is 93.2 Å². The number of hydrogen-bond acceptors (Lipinski definition) is 2. The third-order valence-electron chi connectivity index (χ3n) is 3.03. The Bertz CT molecular complexity index is 200. The molecule has 3 heteroatoms. The van der Waals surface area contributed by atoms with E-state index in [0.717, 1.165) is 12.5 Å². The molecular formula is C12H24N2O. The van der Waals surface area contributed by atoms with Crippen molar-refractivity contribution in [3.05, 3.63) is 0 Å². The minimum atomic E-state index is 0.216. The highest BCUT2D eigenvalue weighted by molar-refractivity contribution is 5.75. The topological polar surface area (TPSA) is 32.3 Å². The Morgan fingerprint density at radius 3 is 2.60 bits per heavy atom. The van der Waals surface area contributed by atoms with Gasteiger partial charge in [-0.05, 0) is 25.2 Å². The van der Waals surface area contributed by atoms with Crippen LogP contribution in [0, 0.1) is 5.92 Å². The highest BCUT2D eigenvalue weighted by Gasteiger charge is 2.29. The minimum Gasteiger partial charge on any atom is -0.349 e. The molecule has 1 aliphatic carbocycles. The summed E-state index contributed by atoms with van der Waals surface area (Å²) in [5.41, 5.74) is 0. The lowest BCUT2D eigenvalue weighted by Crippen LogP contribution is -2.34. The molecule has 0 bridgehead atoms. The molecule has 0 aliphatic heterocycles. The summed E-state index contributed by atoms with van der Waals surface area (Å²) < 4.78 is 0. The third-order valence-corrected chi connectivity index (χ3v) is 3.03. The van der Waals surface area contributed by atoms with Crippen molar-refractivity contribution >= 4 is 5.91 Å². The van der Waals surface area contributed by atoms with Crippen LogP contribution in [0.2, 0.25) is 0 Å². The van der Waals surface area contributed by atoms with Crippen LogP contribution >= 0.6 is 0 Å². The highest BCUT2D eigenvalue weighted by Crippen LogP contribution is 2.34. The van der Waals surface area contributed by atoms with Crippen LogP contribution in [0.3, 0.4) is 0 Å². The Kier molecular flexibility index (Phi) is 5.09. The van der Waals surface area contributed by atoms with Gasteiger partial charge in [-0.2, -0.15) is 0 Å². The lowest BCUT2D eigenvalue weighted by atomic mass is 10.1. The number of hydrogen-bond donors (Lipinski definition) is 1. The van der Waals surface area contributed by atoms with Gasteiger partial charge in [0.1, 0.15) is 0 Å². The summed E-state index contributed by atoms with van der Waals surface area (Å²) in [6, 6.07) is 0.657. The first-order chi connectivity index (χ1) is 7.15. The molecule has 0 aromatic heterocycles. The monoisotopic (exact) mass is 212 g/mol. The van der Waals surface area contributed by atoms with Crippen LogP contribution in [0.4, 0.5) is 0 Å². The van der Waals surface area contributed by atoms with E-state index in [0.29, 0.717) is 12.5 Å². The van der Waals surface area contributed by atoms with Crippen molar-refractivity contribution in [2.24, 2.45) is 5.92 Å². The summed E-state index contributed by atoms with van der Waals surface area (Å²) in [6.07, 6.45) is 5.86. The van der Waals surface area contributed by atoms with Crippen molar-refractivity contribution in [3.8, 4) is 0 Å². The van der Waals surface area contributed by atoms with Crippen LogP contribution in [-0.4, -0.2) is 37.5 Å². The minimum absolute atomic E-state index is 0.216. The second kappa shape index (κ2) is 6.11. The fourth-order valence-electron chi connectivity index (χ4n) is 1.90. The fraction of sp³-hybridized carbons (Fsp3) is 0.917. The van der Waals surface area contributed by atoms with Crippen molar-refractivity contribution < 1.29 is 4.79 Å². The second-order valence-electron chi connectivity index (χ2n) is 4.72. The van der Waals surface area contributed by atoms with Gasteiger partial charge in [0.25, 0.3) is 0 Å². The van der Waals surface area contributed by atoms with Gasteiger partial charge in [-0.1, -0.05) is 13.3 Å². The Morgan fingerprint density at radius 1 is 1.47 bits per heavy atom. The van der Waals surface area contributed by atoms with Crippen molar-refractivity contribution in [1.29, 1.82) is 0 Å². The molecule has 0 spiro atoms. The molecule has 1 atom stereocenters. The van der Waals surface area contributed by atoms with E-state index in [-0.39, 0.29) is 5.91 Å². The van der Waals surface area contributed by atoms with Crippen LogP contribution in [-0.2, 0) is 4.79 Å². The van der Waals surface area contributed by atoms with Crippen LogP contribution in [0.5, 0.6) is 0 Å². The lowest BCUT2D eigenvalue weighted by molar-refractivity contribution is -0.128. The second-order valence-corrected chi connectivity index (χ2v) is 4.72. The highest BCUT2D eigenvalue weighted by atomic mass is 16.2. The van der Waals surface area contributed by atoms with E-state index in [1.165, 1.54) is 25.7 Å². The average Bonchev–Trinajstić information content (AvgIpc) is 2.99. The van der Waals surface area contributed by atoms with Gasteiger partial charge in [0.2, 0.25) is 5.91 Å². The smallest absolute Gasteiger partial charge is 0.223 e. The van der Waals surface area contributed by atoms with E-state index < -0.39 is 0 Å². The van der Waals surface area contributed by atoms with Crippen molar-refractivity contribution in [2.45, 2.75) is 45.1 Å². The number of nitrogens with one attached hydrogen (secondary N) is 1. The van der Waals surface area contributed by atoms with Gasteiger partial charge in [-0.25, -0.2) is 0 Å². The van der Waals surface area contributed by atoms with Gasteiger partial charge in [-0.15, -0.1) is 0 Å². The fourth-order valence-corrected chi connectivity index (χ4v) is 1.90. The van der Waals surface area contributed by atoms with Crippen LogP contribution in [0.25, 0.3) is 0 Å². The Balaban J connectivity index is 2.13. The van der Waals surface area contributed by atoms with Gasteiger partial charge >= 0.3 is 0 Å². The van der Waals surface area contributed by atoms with Crippen molar-refractivity contribution in [3.63, 3.8) is 0 Å².